The molecular weight excluding hydrogens is 250 g/mol. The van der Waals surface area contributed by atoms with Gasteiger partial charge in [-0.1, -0.05) is 6.07 Å². The summed E-state index contributed by atoms with van der Waals surface area (Å²) in [5, 5.41) is 3.36. The van der Waals surface area contributed by atoms with E-state index in [9.17, 15) is 0 Å². The maximum absolute atomic E-state index is 5.86. The van der Waals surface area contributed by atoms with Gasteiger partial charge < -0.3 is 14.6 Å². The number of hydrogen-bond donors (Lipinski definition) is 1. The number of fused-ring (bicyclic) bond motifs is 1. The van der Waals surface area contributed by atoms with E-state index in [2.05, 4.69) is 33.1 Å². The molecule has 0 fully saturated rings. The second kappa shape index (κ2) is 5.67. The summed E-state index contributed by atoms with van der Waals surface area (Å²) in [4.78, 5) is 4.21. The molecule has 0 saturated heterocycles. The van der Waals surface area contributed by atoms with Crippen LogP contribution >= 0.6 is 0 Å². The fraction of sp³-hybridized carbons (Fsp3) is 0.438. The Morgan fingerprint density at radius 1 is 1.45 bits per heavy atom. The lowest BCUT2D eigenvalue weighted by atomic mass is 10.1. The molecule has 1 aromatic carbocycles. The van der Waals surface area contributed by atoms with Crippen molar-refractivity contribution in [3.8, 4) is 5.75 Å². The van der Waals surface area contributed by atoms with E-state index in [1.807, 2.05) is 26.4 Å². The van der Waals surface area contributed by atoms with Crippen molar-refractivity contribution in [1.82, 2.24) is 14.9 Å². The van der Waals surface area contributed by atoms with E-state index in [0.29, 0.717) is 12.6 Å². The number of ether oxygens (including phenoxy) is 1. The molecule has 0 aliphatic heterocycles. The maximum Gasteiger partial charge on any atom is 0.119 e. The zero-order valence-electron chi connectivity index (χ0n) is 12.1. The molecule has 0 spiro atoms. The average Bonchev–Trinajstić information content (AvgIpc) is 3.05. The van der Waals surface area contributed by atoms with E-state index in [4.69, 9.17) is 4.74 Å². The minimum atomic E-state index is 0.507. The molecule has 1 heterocycles. The molecule has 1 unspecified atom stereocenters. The second-order valence-corrected chi connectivity index (χ2v) is 5.26. The number of aromatic nitrogens is 2. The minimum Gasteiger partial charge on any atom is -0.492 e. The Morgan fingerprint density at radius 2 is 2.35 bits per heavy atom. The third kappa shape index (κ3) is 2.56. The number of nitrogens with one attached hydrogen (secondary N) is 1. The van der Waals surface area contributed by atoms with Gasteiger partial charge in [-0.3, -0.25) is 0 Å². The van der Waals surface area contributed by atoms with Crippen LogP contribution in [0.2, 0.25) is 0 Å². The van der Waals surface area contributed by atoms with Crippen molar-refractivity contribution in [2.24, 2.45) is 0 Å². The highest BCUT2D eigenvalue weighted by Crippen LogP contribution is 2.33. The molecule has 1 aromatic heterocycles. The first-order chi connectivity index (χ1) is 9.78. The molecule has 2 aromatic rings. The van der Waals surface area contributed by atoms with Crippen molar-refractivity contribution in [2.75, 3.05) is 13.7 Å². The van der Waals surface area contributed by atoms with Gasteiger partial charge in [0.1, 0.15) is 18.2 Å². The second-order valence-electron chi connectivity index (χ2n) is 5.26. The minimum absolute atomic E-state index is 0.507. The molecule has 4 heteroatoms. The SMILES string of the molecule is CNC1CCc2cc(OCCn3ccnc3C)ccc21. The van der Waals surface area contributed by atoms with Gasteiger partial charge in [0.15, 0.2) is 0 Å². The zero-order chi connectivity index (χ0) is 13.9. The van der Waals surface area contributed by atoms with Crippen LogP contribution in [0.3, 0.4) is 0 Å². The molecule has 3 rings (SSSR count). The zero-order valence-corrected chi connectivity index (χ0v) is 12.1. The summed E-state index contributed by atoms with van der Waals surface area (Å²) in [7, 11) is 2.03. The summed E-state index contributed by atoms with van der Waals surface area (Å²) < 4.78 is 7.96. The molecule has 4 nitrogen and oxygen atoms in total. The van der Waals surface area contributed by atoms with Crippen molar-refractivity contribution in [2.45, 2.75) is 32.4 Å². The van der Waals surface area contributed by atoms with Gasteiger partial charge in [-0.2, -0.15) is 0 Å². The van der Waals surface area contributed by atoms with Gasteiger partial charge in [-0.15, -0.1) is 0 Å². The van der Waals surface area contributed by atoms with Crippen molar-refractivity contribution in [1.29, 1.82) is 0 Å². The summed E-state index contributed by atoms with van der Waals surface area (Å²) in [6.07, 6.45) is 6.13. The monoisotopic (exact) mass is 271 g/mol. The van der Waals surface area contributed by atoms with Crippen LogP contribution in [-0.4, -0.2) is 23.2 Å². The normalized spacial score (nSPS) is 17.2. The lowest BCUT2D eigenvalue weighted by molar-refractivity contribution is 0.297. The third-order valence-electron chi connectivity index (χ3n) is 4.07. The average molecular weight is 271 g/mol. The Balaban J connectivity index is 1.60. The third-order valence-corrected chi connectivity index (χ3v) is 4.07. The predicted octanol–water partition coefficient (Wildman–Crippen LogP) is 2.48. The quantitative estimate of drug-likeness (QED) is 0.908. The van der Waals surface area contributed by atoms with E-state index < -0.39 is 0 Å². The Labute approximate surface area is 119 Å². The van der Waals surface area contributed by atoms with Crippen LogP contribution in [0.15, 0.2) is 30.6 Å². The van der Waals surface area contributed by atoms with E-state index in [1.54, 1.807) is 0 Å². The lowest BCUT2D eigenvalue weighted by Crippen LogP contribution is -2.12. The molecule has 1 aliphatic rings. The highest BCUT2D eigenvalue weighted by molar-refractivity contribution is 5.40. The van der Waals surface area contributed by atoms with Gasteiger partial charge in [0.05, 0.1) is 6.54 Å². The van der Waals surface area contributed by atoms with Crippen LogP contribution in [0.25, 0.3) is 0 Å². The summed E-state index contributed by atoms with van der Waals surface area (Å²) in [6.45, 7) is 3.51. The van der Waals surface area contributed by atoms with Crippen LogP contribution in [-0.2, 0) is 13.0 Å². The van der Waals surface area contributed by atoms with Gasteiger partial charge in [0, 0.05) is 18.4 Å². The van der Waals surface area contributed by atoms with Gasteiger partial charge in [0.2, 0.25) is 0 Å². The van der Waals surface area contributed by atoms with Gasteiger partial charge >= 0.3 is 0 Å². The van der Waals surface area contributed by atoms with Gasteiger partial charge in [-0.05, 0) is 50.1 Å². The first-order valence-electron chi connectivity index (χ1n) is 7.18. The van der Waals surface area contributed by atoms with Crippen LogP contribution in [0.5, 0.6) is 5.75 Å². The lowest BCUT2D eigenvalue weighted by Gasteiger charge is -2.12. The van der Waals surface area contributed by atoms with Crippen molar-refractivity contribution >= 4 is 0 Å². The Hall–Kier alpha value is -1.81. The maximum atomic E-state index is 5.86. The summed E-state index contributed by atoms with van der Waals surface area (Å²) >= 11 is 0. The smallest absolute Gasteiger partial charge is 0.119 e. The highest BCUT2D eigenvalue weighted by atomic mass is 16.5. The number of nitrogens with zero attached hydrogens (tertiary/aromatic N) is 2. The van der Waals surface area contributed by atoms with Crippen LogP contribution < -0.4 is 10.1 Å². The van der Waals surface area contributed by atoms with Crippen molar-refractivity contribution in [3.63, 3.8) is 0 Å². The topological polar surface area (TPSA) is 39.1 Å². The molecule has 1 aliphatic carbocycles. The molecule has 1 atom stereocenters. The molecule has 0 bridgehead atoms. The predicted molar refractivity (Wildman–Crippen MR) is 79.0 cm³/mol. The summed E-state index contributed by atoms with van der Waals surface area (Å²) in [6, 6.07) is 6.97. The number of rotatable bonds is 5. The Bertz CT molecular complexity index is 591. The summed E-state index contributed by atoms with van der Waals surface area (Å²) in [5.74, 6) is 2.00. The molecular formula is C16H21N3O. The number of benzene rings is 1. The summed E-state index contributed by atoms with van der Waals surface area (Å²) in [5.41, 5.74) is 2.84. The molecule has 0 saturated carbocycles. The Kier molecular flexibility index (Phi) is 3.74. The standard InChI is InChI=1S/C16H21N3O/c1-12-18-7-8-19(12)9-10-20-14-4-5-15-13(11-14)3-6-16(15)17-2/h4-5,7-8,11,16-17H,3,6,9-10H2,1-2H3. The molecule has 1 N–H and O–H groups in total. The number of hydrogen-bond acceptors (Lipinski definition) is 3. The van der Waals surface area contributed by atoms with Crippen LogP contribution in [0, 0.1) is 6.92 Å². The largest absolute Gasteiger partial charge is 0.492 e. The van der Waals surface area contributed by atoms with Gasteiger partial charge in [0.25, 0.3) is 0 Å². The molecule has 0 amide bonds. The highest BCUT2D eigenvalue weighted by Gasteiger charge is 2.20. The van der Waals surface area contributed by atoms with Crippen molar-refractivity contribution in [3.05, 3.63) is 47.5 Å². The molecule has 106 valence electrons. The van der Waals surface area contributed by atoms with Crippen LogP contribution in [0.1, 0.15) is 29.4 Å². The Morgan fingerprint density at radius 3 is 3.10 bits per heavy atom. The van der Waals surface area contributed by atoms with E-state index in [1.165, 1.54) is 17.5 Å². The number of imidazole rings is 1. The first-order valence-corrected chi connectivity index (χ1v) is 7.18. The van der Waals surface area contributed by atoms with Gasteiger partial charge in [-0.25, -0.2) is 4.98 Å². The molecule has 20 heavy (non-hydrogen) atoms. The number of aryl methyl sites for hydroxylation is 2. The molecule has 0 radical (unpaired) electrons. The van der Waals surface area contributed by atoms with Crippen LogP contribution in [0.4, 0.5) is 0 Å². The van der Waals surface area contributed by atoms with E-state index in [0.717, 1.165) is 24.5 Å². The fourth-order valence-electron chi connectivity index (χ4n) is 2.89. The first kappa shape index (κ1) is 13.2. The fourth-order valence-corrected chi connectivity index (χ4v) is 2.89. The van der Waals surface area contributed by atoms with E-state index >= 15 is 0 Å². The van der Waals surface area contributed by atoms with E-state index in [-0.39, 0.29) is 0 Å². The van der Waals surface area contributed by atoms with Crippen molar-refractivity contribution < 1.29 is 4.74 Å².